The van der Waals surface area contributed by atoms with E-state index >= 15 is 0 Å². The zero-order valence-corrected chi connectivity index (χ0v) is 11.5. The van der Waals surface area contributed by atoms with Gasteiger partial charge >= 0.3 is 12.0 Å². The van der Waals surface area contributed by atoms with Crippen molar-refractivity contribution in [1.29, 1.82) is 0 Å². The maximum atomic E-state index is 12.0. The highest BCUT2D eigenvalue weighted by atomic mass is 16.5. The molecule has 0 saturated carbocycles. The maximum absolute atomic E-state index is 12.0. The van der Waals surface area contributed by atoms with Gasteiger partial charge in [-0.2, -0.15) is 4.98 Å². The zero-order valence-electron chi connectivity index (χ0n) is 11.5. The Morgan fingerprint density at radius 2 is 2.30 bits per heavy atom. The average molecular weight is 282 g/mol. The van der Waals surface area contributed by atoms with Crippen LogP contribution in [0.3, 0.4) is 0 Å². The number of amides is 2. The molecule has 1 aromatic rings. The monoisotopic (exact) mass is 282 g/mol. The summed E-state index contributed by atoms with van der Waals surface area (Å²) >= 11 is 0. The molecule has 1 saturated heterocycles. The predicted molar refractivity (Wildman–Crippen MR) is 67.8 cm³/mol. The zero-order chi connectivity index (χ0) is 14.8. The predicted octanol–water partition coefficient (Wildman–Crippen LogP) is 0.774. The molecule has 0 aliphatic carbocycles. The largest absolute Gasteiger partial charge is 0.481 e. The first-order valence-corrected chi connectivity index (χ1v) is 6.52. The Labute approximate surface area is 116 Å². The summed E-state index contributed by atoms with van der Waals surface area (Å²) in [5.41, 5.74) is -0.819. The van der Waals surface area contributed by atoms with Gasteiger partial charge < -0.3 is 19.8 Å². The van der Waals surface area contributed by atoms with Crippen LogP contribution in [0.15, 0.2) is 4.52 Å². The summed E-state index contributed by atoms with van der Waals surface area (Å²) in [4.78, 5) is 28.8. The average Bonchev–Trinajstić information content (AvgIpc) is 3.03. The van der Waals surface area contributed by atoms with Crippen LogP contribution in [-0.4, -0.2) is 45.2 Å². The van der Waals surface area contributed by atoms with Crippen molar-refractivity contribution in [2.45, 2.75) is 33.2 Å². The normalized spacial score (nSPS) is 22.0. The smallest absolute Gasteiger partial charge is 0.317 e. The Morgan fingerprint density at radius 1 is 1.55 bits per heavy atom. The number of aryl methyl sites for hydroxylation is 1. The number of urea groups is 1. The lowest BCUT2D eigenvalue weighted by atomic mass is 9.84. The van der Waals surface area contributed by atoms with Crippen molar-refractivity contribution < 1.29 is 19.2 Å². The first-order valence-electron chi connectivity index (χ1n) is 6.52. The van der Waals surface area contributed by atoms with Crippen LogP contribution < -0.4 is 5.32 Å². The van der Waals surface area contributed by atoms with Crippen LogP contribution in [0.2, 0.25) is 0 Å². The number of carbonyl (C=O) groups is 2. The number of carboxylic acid groups (broad SMARTS) is 1. The number of hydrogen-bond donors (Lipinski definition) is 2. The molecule has 1 atom stereocenters. The third-order valence-corrected chi connectivity index (χ3v) is 3.74. The number of aliphatic carboxylic acids is 1. The third kappa shape index (κ3) is 2.73. The fourth-order valence-corrected chi connectivity index (χ4v) is 2.34. The minimum atomic E-state index is -0.843. The summed E-state index contributed by atoms with van der Waals surface area (Å²) in [7, 11) is 0. The quantitative estimate of drug-likeness (QED) is 0.844. The number of likely N-dealkylation sites (tertiary alicyclic amines) is 1. The van der Waals surface area contributed by atoms with Gasteiger partial charge in [0, 0.05) is 20.0 Å². The molecule has 2 rings (SSSR count). The standard InChI is InChI=1S/C12H18N4O4/c1-3-12(10(17)18)4-5-16(7-12)11(19)13-6-9-14-8(2)20-15-9/h3-7H2,1-2H3,(H,13,19)(H,17,18). The lowest BCUT2D eigenvalue weighted by Crippen LogP contribution is -2.41. The molecule has 0 radical (unpaired) electrons. The van der Waals surface area contributed by atoms with Gasteiger partial charge in [0.25, 0.3) is 0 Å². The highest BCUT2D eigenvalue weighted by molar-refractivity contribution is 5.79. The molecule has 0 aromatic carbocycles. The molecule has 2 amide bonds. The van der Waals surface area contributed by atoms with Gasteiger partial charge in [-0.1, -0.05) is 12.1 Å². The Bertz CT molecular complexity index is 515. The van der Waals surface area contributed by atoms with E-state index in [9.17, 15) is 14.7 Å². The number of aromatic nitrogens is 2. The van der Waals surface area contributed by atoms with Gasteiger partial charge in [0.15, 0.2) is 5.82 Å². The molecule has 20 heavy (non-hydrogen) atoms. The molecule has 2 heterocycles. The SMILES string of the molecule is CCC1(C(=O)O)CCN(C(=O)NCc2noc(C)n2)C1. The van der Waals surface area contributed by atoms with E-state index in [2.05, 4.69) is 15.5 Å². The van der Waals surface area contributed by atoms with Gasteiger partial charge in [-0.05, 0) is 12.8 Å². The molecule has 2 N–H and O–H groups in total. The molecule has 1 aliphatic rings. The first kappa shape index (κ1) is 14.3. The van der Waals surface area contributed by atoms with E-state index in [1.165, 1.54) is 4.90 Å². The van der Waals surface area contributed by atoms with E-state index in [-0.39, 0.29) is 19.1 Å². The van der Waals surface area contributed by atoms with E-state index in [0.29, 0.717) is 31.1 Å². The van der Waals surface area contributed by atoms with Crippen molar-refractivity contribution in [2.75, 3.05) is 13.1 Å². The van der Waals surface area contributed by atoms with Crippen LogP contribution in [0.5, 0.6) is 0 Å². The van der Waals surface area contributed by atoms with Crippen LogP contribution in [-0.2, 0) is 11.3 Å². The molecular formula is C12H18N4O4. The van der Waals surface area contributed by atoms with Gasteiger partial charge in [0.05, 0.1) is 12.0 Å². The molecule has 8 heteroatoms. The highest BCUT2D eigenvalue weighted by Gasteiger charge is 2.44. The fraction of sp³-hybridized carbons (Fsp3) is 0.667. The summed E-state index contributed by atoms with van der Waals surface area (Å²) in [6, 6.07) is -0.302. The molecule has 0 bridgehead atoms. The third-order valence-electron chi connectivity index (χ3n) is 3.74. The molecule has 1 unspecified atom stereocenters. The van der Waals surface area contributed by atoms with Crippen molar-refractivity contribution >= 4 is 12.0 Å². The van der Waals surface area contributed by atoms with Crippen LogP contribution in [0.25, 0.3) is 0 Å². The molecule has 1 aliphatic heterocycles. The number of nitrogens with one attached hydrogen (secondary N) is 1. The number of carbonyl (C=O) groups excluding carboxylic acids is 1. The summed E-state index contributed by atoms with van der Waals surface area (Å²) in [6.45, 7) is 4.34. The maximum Gasteiger partial charge on any atom is 0.317 e. The minimum Gasteiger partial charge on any atom is -0.481 e. The second kappa shape index (κ2) is 5.48. The van der Waals surface area contributed by atoms with Gasteiger partial charge in [-0.25, -0.2) is 4.79 Å². The highest BCUT2D eigenvalue weighted by Crippen LogP contribution is 2.34. The summed E-state index contributed by atoms with van der Waals surface area (Å²) in [5, 5.41) is 15.6. The van der Waals surface area contributed by atoms with E-state index in [1.807, 2.05) is 6.92 Å². The molecule has 1 fully saturated rings. The van der Waals surface area contributed by atoms with E-state index < -0.39 is 11.4 Å². The van der Waals surface area contributed by atoms with Crippen LogP contribution >= 0.6 is 0 Å². The van der Waals surface area contributed by atoms with Crippen molar-refractivity contribution in [2.24, 2.45) is 5.41 Å². The number of nitrogens with zero attached hydrogens (tertiary/aromatic N) is 3. The van der Waals surface area contributed by atoms with Gasteiger partial charge in [-0.15, -0.1) is 0 Å². The topological polar surface area (TPSA) is 109 Å². The number of hydrogen-bond acceptors (Lipinski definition) is 5. The summed E-state index contributed by atoms with van der Waals surface area (Å²) in [5.74, 6) is -0.00886. The Kier molecular flexibility index (Phi) is 3.91. The van der Waals surface area contributed by atoms with Crippen molar-refractivity contribution in [3.05, 3.63) is 11.7 Å². The lowest BCUT2D eigenvalue weighted by molar-refractivity contribution is -0.148. The molecule has 0 spiro atoms. The fourth-order valence-electron chi connectivity index (χ4n) is 2.34. The second-order valence-electron chi connectivity index (χ2n) is 5.00. The minimum absolute atomic E-state index is 0.166. The summed E-state index contributed by atoms with van der Waals surface area (Å²) < 4.78 is 4.80. The van der Waals surface area contributed by atoms with Crippen LogP contribution in [0.1, 0.15) is 31.5 Å². The van der Waals surface area contributed by atoms with Gasteiger partial charge in [0.2, 0.25) is 5.89 Å². The van der Waals surface area contributed by atoms with E-state index in [4.69, 9.17) is 4.52 Å². The van der Waals surface area contributed by atoms with Crippen molar-refractivity contribution in [1.82, 2.24) is 20.4 Å². The lowest BCUT2D eigenvalue weighted by Gasteiger charge is -2.23. The molecule has 8 nitrogen and oxygen atoms in total. The number of rotatable bonds is 4. The second-order valence-corrected chi connectivity index (χ2v) is 5.00. The van der Waals surface area contributed by atoms with Crippen molar-refractivity contribution in [3.8, 4) is 0 Å². The van der Waals surface area contributed by atoms with Crippen molar-refractivity contribution in [3.63, 3.8) is 0 Å². The van der Waals surface area contributed by atoms with E-state index in [1.54, 1.807) is 6.92 Å². The Morgan fingerprint density at radius 3 is 2.80 bits per heavy atom. The van der Waals surface area contributed by atoms with Gasteiger partial charge in [-0.3, -0.25) is 4.79 Å². The molecular weight excluding hydrogens is 264 g/mol. The first-order chi connectivity index (χ1) is 9.47. The molecule has 1 aromatic heterocycles. The van der Waals surface area contributed by atoms with Gasteiger partial charge in [0.1, 0.15) is 0 Å². The Balaban J connectivity index is 1.90. The van der Waals surface area contributed by atoms with Crippen LogP contribution in [0, 0.1) is 12.3 Å². The number of carboxylic acids is 1. The summed E-state index contributed by atoms with van der Waals surface area (Å²) in [6.07, 6.45) is 0.990. The van der Waals surface area contributed by atoms with E-state index in [0.717, 1.165) is 0 Å². The Hall–Kier alpha value is -2.12. The molecule has 110 valence electrons. The van der Waals surface area contributed by atoms with Crippen LogP contribution in [0.4, 0.5) is 4.79 Å².